The first-order valence-corrected chi connectivity index (χ1v) is 9.17. The number of hydrogen-bond donors (Lipinski definition) is 1. The van der Waals surface area contributed by atoms with Crippen LogP contribution in [0, 0.1) is 5.92 Å². The van der Waals surface area contributed by atoms with Crippen LogP contribution in [0.25, 0.3) is 0 Å². The Kier molecular flexibility index (Phi) is 3.86. The first kappa shape index (κ1) is 14.1. The number of fused-ring (bicyclic) bond motifs is 1. The first-order chi connectivity index (χ1) is 9.58. The third-order valence-corrected chi connectivity index (χ3v) is 6.82. The number of aliphatic hydroxyl groups excluding tert-OH is 1. The quantitative estimate of drug-likeness (QED) is 0.901. The van der Waals surface area contributed by atoms with Crippen LogP contribution in [0.5, 0.6) is 0 Å². The van der Waals surface area contributed by atoms with Crippen molar-refractivity contribution in [1.29, 1.82) is 0 Å². The van der Waals surface area contributed by atoms with Gasteiger partial charge in [0.25, 0.3) is 0 Å². The van der Waals surface area contributed by atoms with Crippen molar-refractivity contribution < 1.29 is 13.5 Å². The van der Waals surface area contributed by atoms with E-state index >= 15 is 0 Å². The summed E-state index contributed by atoms with van der Waals surface area (Å²) in [6.45, 7) is 1.01. The molecule has 1 N–H and O–H groups in total. The highest BCUT2D eigenvalue weighted by atomic mass is 32.2. The van der Waals surface area contributed by atoms with Crippen molar-refractivity contribution in [2.24, 2.45) is 5.92 Å². The van der Waals surface area contributed by atoms with Gasteiger partial charge in [-0.2, -0.15) is 0 Å². The third kappa shape index (κ3) is 2.76. The molecular formula is C14H22N2O3S. The minimum atomic E-state index is -2.93. The summed E-state index contributed by atoms with van der Waals surface area (Å²) in [7, 11) is -2.93. The molecule has 5 nitrogen and oxygen atoms in total. The smallest absolute Gasteiger partial charge is 0.153 e. The van der Waals surface area contributed by atoms with Crippen LogP contribution < -0.4 is 0 Å². The maximum absolute atomic E-state index is 12.1. The van der Waals surface area contributed by atoms with Crippen molar-refractivity contribution in [3.63, 3.8) is 0 Å². The zero-order valence-electron chi connectivity index (χ0n) is 11.7. The Hall–Kier alpha value is -0.880. The van der Waals surface area contributed by atoms with Crippen LogP contribution in [0.3, 0.4) is 0 Å². The highest BCUT2D eigenvalue weighted by Gasteiger charge is 2.30. The number of rotatable bonds is 3. The molecule has 6 heteroatoms. The van der Waals surface area contributed by atoms with Gasteiger partial charge in [-0.25, -0.2) is 13.4 Å². The van der Waals surface area contributed by atoms with Crippen molar-refractivity contribution in [1.82, 2.24) is 9.55 Å². The van der Waals surface area contributed by atoms with Crippen LogP contribution in [0.15, 0.2) is 6.20 Å². The number of aliphatic hydroxyl groups is 1. The molecule has 112 valence electrons. The highest BCUT2D eigenvalue weighted by Crippen LogP contribution is 2.25. The van der Waals surface area contributed by atoms with Gasteiger partial charge in [0.05, 0.1) is 16.7 Å². The lowest BCUT2D eigenvalue weighted by Crippen LogP contribution is -2.30. The molecule has 0 spiro atoms. The molecule has 1 aromatic heterocycles. The molecule has 1 fully saturated rings. The summed E-state index contributed by atoms with van der Waals surface area (Å²) in [4.78, 5) is 4.60. The van der Waals surface area contributed by atoms with E-state index < -0.39 is 9.84 Å². The first-order valence-electron chi connectivity index (χ1n) is 7.46. The maximum atomic E-state index is 12.1. The average Bonchev–Trinajstić information content (AvgIpc) is 2.82. The predicted molar refractivity (Wildman–Crippen MR) is 76.3 cm³/mol. The van der Waals surface area contributed by atoms with E-state index in [1.807, 2.05) is 6.20 Å². The Labute approximate surface area is 119 Å². The molecule has 3 rings (SSSR count). The van der Waals surface area contributed by atoms with Crippen molar-refractivity contribution >= 4 is 9.84 Å². The van der Waals surface area contributed by atoms with Gasteiger partial charge < -0.3 is 9.67 Å². The van der Waals surface area contributed by atoms with Gasteiger partial charge in [0.15, 0.2) is 9.84 Å². The molecule has 3 heterocycles. The van der Waals surface area contributed by atoms with E-state index in [-0.39, 0.29) is 11.9 Å². The molecule has 0 bridgehead atoms. The van der Waals surface area contributed by atoms with E-state index in [2.05, 4.69) is 9.55 Å². The zero-order chi connectivity index (χ0) is 14.2. The fourth-order valence-electron chi connectivity index (χ4n) is 3.30. The Morgan fingerprint density at radius 1 is 1.35 bits per heavy atom. The van der Waals surface area contributed by atoms with E-state index in [1.165, 1.54) is 0 Å². The van der Waals surface area contributed by atoms with Gasteiger partial charge in [-0.05, 0) is 19.3 Å². The third-order valence-electron chi connectivity index (χ3n) is 4.55. The van der Waals surface area contributed by atoms with E-state index in [4.69, 9.17) is 0 Å². The Morgan fingerprint density at radius 2 is 2.20 bits per heavy atom. The standard InChI is InChI=1S/C14H22N2O3S/c17-10-11-4-5-14-15-12(9-16(14)8-11)7-13-3-1-2-6-20(13,18)19/h9,11,13,17H,1-8,10H2. The van der Waals surface area contributed by atoms with Gasteiger partial charge in [-0.15, -0.1) is 0 Å². The van der Waals surface area contributed by atoms with Crippen LogP contribution in [0.2, 0.25) is 0 Å². The summed E-state index contributed by atoms with van der Waals surface area (Å²) in [5, 5.41) is 8.99. The normalized spacial score (nSPS) is 29.1. The number of aromatic nitrogens is 2. The minimum Gasteiger partial charge on any atom is -0.396 e. The topological polar surface area (TPSA) is 72.2 Å². The molecule has 2 aliphatic rings. The second-order valence-electron chi connectivity index (χ2n) is 6.08. The molecule has 2 aliphatic heterocycles. The van der Waals surface area contributed by atoms with Crippen molar-refractivity contribution in [2.75, 3.05) is 12.4 Å². The number of imidazole rings is 1. The fourth-order valence-corrected chi connectivity index (χ4v) is 5.19. The average molecular weight is 298 g/mol. The van der Waals surface area contributed by atoms with E-state index in [1.54, 1.807) is 0 Å². The fraction of sp³-hybridized carbons (Fsp3) is 0.786. The summed E-state index contributed by atoms with van der Waals surface area (Å²) >= 11 is 0. The zero-order valence-corrected chi connectivity index (χ0v) is 12.5. The van der Waals surface area contributed by atoms with Gasteiger partial charge in [0, 0.05) is 38.1 Å². The Balaban J connectivity index is 1.74. The molecule has 2 atom stereocenters. The summed E-state index contributed by atoms with van der Waals surface area (Å²) in [6.07, 6.45) is 6.95. The number of aryl methyl sites for hydroxylation is 1. The van der Waals surface area contributed by atoms with Gasteiger partial charge in [0.1, 0.15) is 5.82 Å². The van der Waals surface area contributed by atoms with E-state index in [9.17, 15) is 13.5 Å². The monoisotopic (exact) mass is 298 g/mol. The molecule has 1 saturated heterocycles. The second-order valence-corrected chi connectivity index (χ2v) is 8.48. The molecule has 0 radical (unpaired) electrons. The maximum Gasteiger partial charge on any atom is 0.153 e. The minimum absolute atomic E-state index is 0.212. The van der Waals surface area contributed by atoms with Crippen molar-refractivity contribution in [3.05, 3.63) is 17.7 Å². The SMILES string of the molecule is O=S1(=O)CCCCC1Cc1cn2c(n1)CCC(CO)C2. The van der Waals surface area contributed by atoms with Gasteiger partial charge in [0.2, 0.25) is 0 Å². The Morgan fingerprint density at radius 3 is 2.95 bits per heavy atom. The van der Waals surface area contributed by atoms with Crippen LogP contribution in [0.4, 0.5) is 0 Å². The van der Waals surface area contributed by atoms with Gasteiger partial charge >= 0.3 is 0 Å². The summed E-state index contributed by atoms with van der Waals surface area (Å²) in [5.41, 5.74) is 0.897. The van der Waals surface area contributed by atoms with Crippen molar-refractivity contribution in [2.45, 2.75) is 50.3 Å². The molecule has 0 amide bonds. The predicted octanol–water partition coefficient (Wildman–Crippen LogP) is 0.948. The lowest BCUT2D eigenvalue weighted by molar-refractivity contribution is 0.190. The summed E-state index contributed by atoms with van der Waals surface area (Å²) in [5.74, 6) is 1.68. The van der Waals surface area contributed by atoms with Gasteiger partial charge in [-0.3, -0.25) is 0 Å². The highest BCUT2D eigenvalue weighted by molar-refractivity contribution is 7.92. The second kappa shape index (κ2) is 5.48. The molecule has 0 aromatic carbocycles. The lowest BCUT2D eigenvalue weighted by atomic mass is 10.0. The number of hydrogen-bond acceptors (Lipinski definition) is 4. The van der Waals surface area contributed by atoms with Crippen molar-refractivity contribution in [3.8, 4) is 0 Å². The van der Waals surface area contributed by atoms with E-state index in [0.29, 0.717) is 18.1 Å². The molecule has 20 heavy (non-hydrogen) atoms. The molecule has 0 saturated carbocycles. The lowest BCUT2D eigenvalue weighted by Gasteiger charge is -2.21. The molecule has 2 unspecified atom stereocenters. The van der Waals surface area contributed by atoms with Gasteiger partial charge in [-0.1, -0.05) is 6.42 Å². The summed E-state index contributed by atoms with van der Waals surface area (Å²) < 4.78 is 26.2. The Bertz CT molecular complexity index is 579. The van der Waals surface area contributed by atoms with E-state index in [0.717, 1.165) is 50.2 Å². The molecule has 0 aliphatic carbocycles. The van der Waals surface area contributed by atoms with Crippen LogP contribution in [0.1, 0.15) is 37.2 Å². The van der Waals surface area contributed by atoms with Crippen LogP contribution >= 0.6 is 0 Å². The summed E-state index contributed by atoms with van der Waals surface area (Å²) in [6, 6.07) is 0. The molecular weight excluding hydrogens is 276 g/mol. The number of nitrogens with zero attached hydrogens (tertiary/aromatic N) is 2. The molecule has 1 aromatic rings. The number of sulfone groups is 1. The largest absolute Gasteiger partial charge is 0.396 e. The van der Waals surface area contributed by atoms with Crippen LogP contribution in [-0.2, 0) is 29.2 Å². The van der Waals surface area contributed by atoms with Crippen LogP contribution in [-0.4, -0.2) is 40.7 Å².